The van der Waals surface area contributed by atoms with E-state index in [1.54, 1.807) is 19.9 Å². The fraction of sp³-hybridized carbons (Fsp3) is 0.533. The Kier molecular flexibility index (Phi) is 3.38. The van der Waals surface area contributed by atoms with E-state index in [0.29, 0.717) is 6.42 Å². The molecule has 0 unspecified atom stereocenters. The van der Waals surface area contributed by atoms with E-state index in [0.717, 1.165) is 30.4 Å². The summed E-state index contributed by atoms with van der Waals surface area (Å²) in [6.07, 6.45) is 5.22. The molecule has 3 nitrogen and oxygen atoms in total. The summed E-state index contributed by atoms with van der Waals surface area (Å²) in [5.74, 6) is 0. The fourth-order valence-corrected chi connectivity index (χ4v) is 2.53. The summed E-state index contributed by atoms with van der Waals surface area (Å²) in [5, 5.41) is 9.85. The van der Waals surface area contributed by atoms with E-state index in [-0.39, 0.29) is 5.54 Å². The van der Waals surface area contributed by atoms with Crippen molar-refractivity contribution in [3.05, 3.63) is 35.4 Å². The predicted octanol–water partition coefficient (Wildman–Crippen LogP) is 2.72. The van der Waals surface area contributed by atoms with Crippen LogP contribution in [0.2, 0.25) is 0 Å². The number of isocyanates is 1. The molecule has 0 radical (unpaired) electrons. The molecule has 3 heteroatoms. The molecular weight excluding hydrogens is 226 g/mol. The molecule has 0 spiro atoms. The van der Waals surface area contributed by atoms with E-state index in [1.807, 2.05) is 18.2 Å². The van der Waals surface area contributed by atoms with Gasteiger partial charge in [0.15, 0.2) is 0 Å². The highest BCUT2D eigenvalue weighted by Gasteiger charge is 2.38. The van der Waals surface area contributed by atoms with Crippen LogP contribution >= 0.6 is 0 Å². The van der Waals surface area contributed by atoms with Crippen molar-refractivity contribution in [3.8, 4) is 0 Å². The Hall–Kier alpha value is -1.44. The van der Waals surface area contributed by atoms with Gasteiger partial charge in [-0.05, 0) is 44.2 Å². The summed E-state index contributed by atoms with van der Waals surface area (Å²) in [6.45, 7) is 3.59. The lowest BCUT2D eigenvalue weighted by molar-refractivity contribution is 0.0809. The van der Waals surface area contributed by atoms with Gasteiger partial charge in [-0.1, -0.05) is 24.3 Å². The monoisotopic (exact) mass is 245 g/mol. The van der Waals surface area contributed by atoms with Crippen LogP contribution < -0.4 is 0 Å². The van der Waals surface area contributed by atoms with Crippen LogP contribution in [0.5, 0.6) is 0 Å². The minimum atomic E-state index is -0.723. The van der Waals surface area contributed by atoms with Crippen molar-refractivity contribution in [2.45, 2.75) is 50.7 Å². The van der Waals surface area contributed by atoms with Gasteiger partial charge in [0.05, 0.1) is 11.1 Å². The maximum absolute atomic E-state index is 10.6. The fourth-order valence-electron chi connectivity index (χ4n) is 2.53. The largest absolute Gasteiger partial charge is 0.390 e. The maximum Gasteiger partial charge on any atom is 0.235 e. The zero-order chi connectivity index (χ0) is 13.2. The Balaban J connectivity index is 2.29. The molecule has 0 amide bonds. The highest BCUT2D eigenvalue weighted by Crippen LogP contribution is 2.44. The second kappa shape index (κ2) is 4.68. The van der Waals surface area contributed by atoms with Crippen molar-refractivity contribution < 1.29 is 9.90 Å². The zero-order valence-electron chi connectivity index (χ0n) is 10.9. The Bertz CT molecular complexity index is 478. The molecule has 1 aromatic rings. The first-order valence-electron chi connectivity index (χ1n) is 6.36. The minimum absolute atomic E-state index is 0.350. The standard InChI is InChI=1S/C15H19NO2/c1-14(2,18)10-12-5-3-6-13(9-12)15(16-11-17)7-4-8-15/h3,5-6,9,18H,4,7-8,10H2,1-2H3. The molecule has 2 rings (SSSR count). The van der Waals surface area contributed by atoms with E-state index in [9.17, 15) is 9.90 Å². The molecule has 1 aromatic carbocycles. The number of carbonyl (C=O) groups excluding carboxylic acids is 1. The van der Waals surface area contributed by atoms with Gasteiger partial charge in [-0.2, -0.15) is 4.99 Å². The van der Waals surface area contributed by atoms with Crippen LogP contribution in [0.3, 0.4) is 0 Å². The number of rotatable bonds is 4. The average Bonchev–Trinajstić information content (AvgIpc) is 2.21. The molecule has 1 N–H and O–H groups in total. The van der Waals surface area contributed by atoms with Gasteiger partial charge in [0.25, 0.3) is 0 Å². The van der Waals surface area contributed by atoms with Crippen molar-refractivity contribution >= 4 is 6.08 Å². The summed E-state index contributed by atoms with van der Waals surface area (Å²) in [6, 6.07) is 8.03. The van der Waals surface area contributed by atoms with Crippen LogP contribution in [0.25, 0.3) is 0 Å². The molecule has 0 aromatic heterocycles. The first-order chi connectivity index (χ1) is 8.45. The molecular formula is C15H19NO2. The number of hydrogen-bond acceptors (Lipinski definition) is 3. The van der Waals surface area contributed by atoms with E-state index < -0.39 is 5.60 Å². The van der Waals surface area contributed by atoms with Crippen molar-refractivity contribution in [2.24, 2.45) is 4.99 Å². The zero-order valence-corrected chi connectivity index (χ0v) is 10.9. The number of hydrogen-bond donors (Lipinski definition) is 1. The van der Waals surface area contributed by atoms with Crippen LogP contribution in [0.1, 0.15) is 44.2 Å². The second-order valence-corrected chi connectivity index (χ2v) is 5.78. The summed E-state index contributed by atoms with van der Waals surface area (Å²) < 4.78 is 0. The van der Waals surface area contributed by atoms with E-state index in [2.05, 4.69) is 11.1 Å². The Labute approximate surface area is 108 Å². The normalized spacial score (nSPS) is 17.7. The SMILES string of the molecule is CC(C)(O)Cc1cccc(C2(N=C=O)CCC2)c1. The summed E-state index contributed by atoms with van der Waals surface area (Å²) in [7, 11) is 0. The lowest BCUT2D eigenvalue weighted by Gasteiger charge is -2.37. The molecule has 0 saturated heterocycles. The quantitative estimate of drug-likeness (QED) is 0.655. The van der Waals surface area contributed by atoms with Crippen LogP contribution in [0.15, 0.2) is 29.3 Å². The van der Waals surface area contributed by atoms with Gasteiger partial charge in [-0.15, -0.1) is 0 Å². The molecule has 0 aliphatic heterocycles. The number of benzene rings is 1. The van der Waals surface area contributed by atoms with Crippen LogP contribution in [0.4, 0.5) is 0 Å². The van der Waals surface area contributed by atoms with Crippen molar-refractivity contribution in [2.75, 3.05) is 0 Å². The van der Waals surface area contributed by atoms with Gasteiger partial charge in [0.2, 0.25) is 6.08 Å². The Morgan fingerprint density at radius 2 is 2.17 bits per heavy atom. The Morgan fingerprint density at radius 3 is 2.67 bits per heavy atom. The lowest BCUT2D eigenvalue weighted by atomic mass is 9.72. The molecule has 1 saturated carbocycles. The predicted molar refractivity (Wildman–Crippen MR) is 70.1 cm³/mol. The highest BCUT2D eigenvalue weighted by atomic mass is 16.3. The van der Waals surface area contributed by atoms with Gasteiger partial charge in [0, 0.05) is 6.42 Å². The third-order valence-electron chi connectivity index (χ3n) is 3.54. The number of nitrogens with zero attached hydrogens (tertiary/aromatic N) is 1. The van der Waals surface area contributed by atoms with Crippen LogP contribution in [0, 0.1) is 0 Å². The van der Waals surface area contributed by atoms with E-state index in [4.69, 9.17) is 0 Å². The first-order valence-corrected chi connectivity index (χ1v) is 6.36. The second-order valence-electron chi connectivity index (χ2n) is 5.78. The summed E-state index contributed by atoms with van der Waals surface area (Å²) in [5.41, 5.74) is 1.07. The topological polar surface area (TPSA) is 49.7 Å². The Morgan fingerprint density at radius 1 is 1.44 bits per heavy atom. The van der Waals surface area contributed by atoms with Crippen molar-refractivity contribution in [1.82, 2.24) is 0 Å². The van der Waals surface area contributed by atoms with Crippen LogP contribution in [-0.4, -0.2) is 16.8 Å². The third kappa shape index (κ3) is 2.69. The van der Waals surface area contributed by atoms with Gasteiger partial charge >= 0.3 is 0 Å². The smallest absolute Gasteiger partial charge is 0.235 e. The summed E-state index contributed by atoms with van der Waals surface area (Å²) >= 11 is 0. The molecule has 0 heterocycles. The van der Waals surface area contributed by atoms with Gasteiger partial charge < -0.3 is 5.11 Å². The number of aliphatic hydroxyl groups is 1. The van der Waals surface area contributed by atoms with Gasteiger partial charge in [-0.25, -0.2) is 4.79 Å². The minimum Gasteiger partial charge on any atom is -0.390 e. The van der Waals surface area contributed by atoms with Gasteiger partial charge in [0.1, 0.15) is 0 Å². The molecule has 0 atom stereocenters. The van der Waals surface area contributed by atoms with Gasteiger partial charge in [-0.3, -0.25) is 0 Å². The summed E-state index contributed by atoms with van der Waals surface area (Å²) in [4.78, 5) is 14.6. The maximum atomic E-state index is 10.6. The molecule has 1 fully saturated rings. The molecule has 96 valence electrons. The molecule has 1 aliphatic rings. The number of aliphatic imine (C=N–C) groups is 1. The molecule has 18 heavy (non-hydrogen) atoms. The molecule has 1 aliphatic carbocycles. The lowest BCUT2D eigenvalue weighted by Crippen LogP contribution is -2.32. The van der Waals surface area contributed by atoms with Crippen LogP contribution in [-0.2, 0) is 16.8 Å². The third-order valence-corrected chi connectivity index (χ3v) is 3.54. The van der Waals surface area contributed by atoms with E-state index in [1.165, 1.54) is 0 Å². The first kappa shape index (κ1) is 13.0. The van der Waals surface area contributed by atoms with E-state index >= 15 is 0 Å². The highest BCUT2D eigenvalue weighted by molar-refractivity contribution is 5.40. The van der Waals surface area contributed by atoms with Crippen molar-refractivity contribution in [3.63, 3.8) is 0 Å². The van der Waals surface area contributed by atoms with Crippen molar-refractivity contribution in [1.29, 1.82) is 0 Å². The average molecular weight is 245 g/mol. The molecule has 0 bridgehead atoms.